The summed E-state index contributed by atoms with van der Waals surface area (Å²) in [7, 11) is 13.5. The smallest absolute Gasteiger partial charge is 0.256 e. The van der Waals surface area contributed by atoms with Crippen molar-refractivity contribution < 1.29 is 83.0 Å². The predicted molar refractivity (Wildman–Crippen MR) is 429 cm³/mol. The normalized spacial score (nSPS) is 28.1. The van der Waals surface area contributed by atoms with Crippen molar-refractivity contribution in [3.05, 3.63) is 30.7 Å². The van der Waals surface area contributed by atoms with Crippen LogP contribution in [0.15, 0.2) is 30.7 Å². The zero-order valence-corrected chi connectivity index (χ0v) is 72.2. The first-order chi connectivity index (χ1) is 51.8. The summed E-state index contributed by atoms with van der Waals surface area (Å²) in [6, 6.07) is -11.4. The number of carbonyl (C=O) groups excluding carboxylic acids is 11. The number of aliphatic hydroxyl groups excluding tert-OH is 3. The molecule has 112 heavy (non-hydrogen) atoms. The van der Waals surface area contributed by atoms with Crippen LogP contribution in [0.2, 0.25) is 0 Å². The molecule has 17 atom stereocenters. The maximum atomic E-state index is 15.3. The molecule has 2 fully saturated rings. The number of rotatable bonds is 21. The van der Waals surface area contributed by atoms with Gasteiger partial charge in [0.1, 0.15) is 96.0 Å². The number of likely N-dealkylation sites (N-methyl/N-ethyl adjacent to an activating group) is 7. The van der Waals surface area contributed by atoms with Crippen molar-refractivity contribution in [2.24, 2.45) is 35.5 Å². The lowest BCUT2D eigenvalue weighted by molar-refractivity contribution is -0.157. The van der Waals surface area contributed by atoms with Gasteiger partial charge in [0.15, 0.2) is 11.6 Å². The summed E-state index contributed by atoms with van der Waals surface area (Å²) < 4.78 is 7.12. The number of amides is 11. The number of anilines is 1. The van der Waals surface area contributed by atoms with Crippen LogP contribution in [0.25, 0.3) is 11.0 Å². The van der Waals surface area contributed by atoms with E-state index in [4.69, 9.17) is 10.5 Å². The lowest BCUT2D eigenvalue weighted by atomic mass is 9.91. The topological polar surface area (TPSA) is 429 Å². The standard InChI is InChI=1S/C66H120N12O13S.C12H16N4O4/c1-27-29-30-42(13)53(79)52-57(83)69-45(28-2)59(85)78(26)65(92-32-31-71(18)19)64(90)75(23)49(36-66(16,17)91)56(82)70-50(40(9)10)62(88)72(20)46(33-37(3)4)55(81)67-43(14)54(80)68-44(15)58(84)73(21)47(34-38(5)6)60(86)74(22)48(35-39(7)8)61(87)76(24)51(41(11)12)63(89)77(52)25;1-12(19)8(18)7(4-17)20-11(12)16-3-2-6-9(13)14-5-15-10(6)16/h27,29,37-53,65,79,91H,28,30-36H2,1-26H3,(H,67,81)(H,68,80)(H,69,83)(H,70,82);2-3,5,7-8,11,17-19H,4H2,1H3,(H2,13,14,15)/b29-27+;/t42-,43+,44-,45+,46+,47+,48+,49+,50+,51+,52+,53-,65-;7-,8-,11-,12-/m11/s1. The number of nitrogens with two attached hydrogens (primary N) is 1. The predicted octanol–water partition coefficient (Wildman–Crippen LogP) is 2.02. The number of hydrogen-bond acceptors (Lipinski definition) is 22. The Morgan fingerprint density at radius 2 is 1.14 bits per heavy atom. The maximum absolute atomic E-state index is 15.3. The number of aromatic nitrogens is 3. The molecule has 11 amide bonds. The number of hydrogen-bond donors (Lipinski definition) is 10. The maximum Gasteiger partial charge on any atom is 0.256 e. The molecule has 0 aliphatic carbocycles. The molecular weight excluding hydrogens is 1470 g/mol. The fraction of sp³-hybridized carbons (Fsp3) is 0.756. The number of thioether (sulfide) groups is 1. The largest absolute Gasteiger partial charge is 0.394 e. The second-order valence-electron chi connectivity index (χ2n) is 33.3. The lowest BCUT2D eigenvalue weighted by Crippen LogP contribution is -2.64. The third-order valence-corrected chi connectivity index (χ3v) is 22.0. The molecule has 0 radical (unpaired) electrons. The highest BCUT2D eigenvalue weighted by atomic mass is 32.2. The van der Waals surface area contributed by atoms with Gasteiger partial charge in [0.05, 0.1) is 23.7 Å². The van der Waals surface area contributed by atoms with Crippen molar-refractivity contribution in [2.75, 3.05) is 88.1 Å². The highest BCUT2D eigenvalue weighted by molar-refractivity contribution is 8.00. The van der Waals surface area contributed by atoms with Gasteiger partial charge >= 0.3 is 0 Å². The number of allylic oxidation sites excluding steroid dienone is 2. The quantitative estimate of drug-likeness (QED) is 0.0799. The Balaban J connectivity index is 0.00000138. The molecule has 0 spiro atoms. The Kier molecular flexibility index (Phi) is 38.0. The van der Waals surface area contributed by atoms with Crippen LogP contribution >= 0.6 is 11.8 Å². The van der Waals surface area contributed by atoms with E-state index in [1.54, 1.807) is 77.4 Å². The summed E-state index contributed by atoms with van der Waals surface area (Å²) in [5.41, 5.74) is 3.11. The van der Waals surface area contributed by atoms with Gasteiger partial charge in [-0.25, -0.2) is 9.97 Å². The Morgan fingerprint density at radius 1 is 0.643 bits per heavy atom. The van der Waals surface area contributed by atoms with E-state index in [0.717, 1.165) is 26.5 Å². The van der Waals surface area contributed by atoms with Crippen molar-refractivity contribution in [3.8, 4) is 0 Å². The Labute approximate surface area is 667 Å². The second kappa shape index (κ2) is 43.2. The average molecular weight is 1600 g/mol. The number of fused-ring (bicyclic) bond motifs is 1. The van der Waals surface area contributed by atoms with Gasteiger partial charge in [0.2, 0.25) is 59.1 Å². The van der Waals surface area contributed by atoms with Gasteiger partial charge < -0.3 is 101 Å². The molecule has 33 nitrogen and oxygen atoms in total. The van der Waals surface area contributed by atoms with Crippen LogP contribution in [-0.4, -0.2) is 322 Å². The SMILES string of the molecule is C/C=C/C[C@@H](C)[C@@H](O)[C@H]1C(=O)N[C@@H](CC)C(=O)N(C)[C@H](SCCN(C)C)C(=O)N(C)[C@@H](CC(C)(C)O)C(=O)N[C@@H](C(C)C)C(=O)N(C)[C@@H](CC(C)C)C(=O)N[C@@H](C)C(=O)N[C@H](C)C(=O)N(C)[C@@H](CC(C)C)C(=O)N(C)[C@@H](CC(C)C)C(=O)N(C)[C@@H](C(C)C)C(=O)N1C.C[C@@]1(O)[C@H](O)[C@@H](CO)O[C@H]1n1ccc2c(N)ncnc21. The molecule has 4 heterocycles. The van der Waals surface area contributed by atoms with Crippen LogP contribution in [0.3, 0.4) is 0 Å². The lowest BCUT2D eigenvalue weighted by Gasteiger charge is -2.41. The second-order valence-corrected chi connectivity index (χ2v) is 34.5. The van der Waals surface area contributed by atoms with Crippen molar-refractivity contribution in [3.63, 3.8) is 0 Å². The number of aliphatic hydroxyl groups is 5. The molecule has 0 aromatic carbocycles. The minimum absolute atomic E-state index is 0.0323. The minimum Gasteiger partial charge on any atom is -0.394 e. The number of carbonyl (C=O) groups is 11. The van der Waals surface area contributed by atoms with Crippen LogP contribution in [0.1, 0.15) is 169 Å². The van der Waals surface area contributed by atoms with Gasteiger partial charge in [-0.1, -0.05) is 95.2 Å². The molecule has 0 bridgehead atoms. The molecule has 2 aromatic rings. The van der Waals surface area contributed by atoms with Crippen molar-refractivity contribution in [2.45, 2.75) is 265 Å². The van der Waals surface area contributed by atoms with Gasteiger partial charge in [-0.3, -0.25) is 52.7 Å². The third-order valence-electron chi connectivity index (χ3n) is 20.7. The summed E-state index contributed by atoms with van der Waals surface area (Å²) >= 11 is 1.09. The minimum atomic E-state index is -1.66. The molecule has 11 N–H and O–H groups in total. The van der Waals surface area contributed by atoms with E-state index in [2.05, 4.69) is 31.2 Å². The number of nitrogen functional groups attached to an aromatic ring is 1. The van der Waals surface area contributed by atoms with Crippen molar-refractivity contribution in [1.29, 1.82) is 0 Å². The molecular formula is C78H136N16O17S. The summed E-state index contributed by atoms with van der Waals surface area (Å²) in [6.45, 7) is 30.4. The average Bonchev–Trinajstić information content (AvgIpc) is 1.16. The van der Waals surface area contributed by atoms with Gasteiger partial charge in [-0.05, 0) is 129 Å². The Morgan fingerprint density at radius 3 is 1.63 bits per heavy atom. The zero-order valence-electron chi connectivity index (χ0n) is 71.4. The summed E-state index contributed by atoms with van der Waals surface area (Å²) in [6.07, 6.45) is 2.38. The van der Waals surface area contributed by atoms with E-state index < -0.39 is 184 Å². The fourth-order valence-electron chi connectivity index (χ4n) is 13.8. The number of ether oxygens (including phenoxy) is 1. The van der Waals surface area contributed by atoms with Gasteiger partial charge in [0.25, 0.3) is 5.91 Å². The van der Waals surface area contributed by atoms with Gasteiger partial charge in [0, 0.05) is 74.2 Å². The van der Waals surface area contributed by atoms with Crippen molar-refractivity contribution >= 4 is 93.6 Å². The molecule has 4 rings (SSSR count). The monoisotopic (exact) mass is 1600 g/mol. The van der Waals surface area contributed by atoms with Crippen LogP contribution in [0, 0.1) is 35.5 Å². The summed E-state index contributed by atoms with van der Waals surface area (Å²) in [5, 5.41) is 63.5. The molecule has 0 saturated carbocycles. The first-order valence-electron chi connectivity index (χ1n) is 38.9. The van der Waals surface area contributed by atoms with E-state index >= 15 is 28.8 Å². The first-order valence-corrected chi connectivity index (χ1v) is 39.9. The molecule has 2 aromatic heterocycles. The Bertz CT molecular complexity index is 3530. The van der Waals surface area contributed by atoms with Gasteiger partial charge in [-0.2, -0.15) is 0 Å². The van der Waals surface area contributed by atoms with Crippen LogP contribution < -0.4 is 27.0 Å². The van der Waals surface area contributed by atoms with Crippen LogP contribution in [0.4, 0.5) is 5.82 Å². The molecule has 2 saturated heterocycles. The van der Waals surface area contributed by atoms with E-state index in [9.17, 15) is 49.5 Å². The van der Waals surface area contributed by atoms with E-state index in [-0.39, 0.29) is 62.9 Å². The molecule has 0 unspecified atom stereocenters. The summed E-state index contributed by atoms with van der Waals surface area (Å²) in [4.78, 5) is 182. The third kappa shape index (κ3) is 25.7. The highest BCUT2D eigenvalue weighted by Gasteiger charge is 2.54. The molecule has 2 aliphatic heterocycles. The summed E-state index contributed by atoms with van der Waals surface area (Å²) in [5.74, 6) is -9.73. The zero-order chi connectivity index (χ0) is 86.0. The van der Waals surface area contributed by atoms with Gasteiger partial charge in [-0.15, -0.1) is 11.8 Å². The van der Waals surface area contributed by atoms with Crippen molar-refractivity contribution in [1.82, 2.24) is 75.0 Å². The first kappa shape index (κ1) is 98.6. The van der Waals surface area contributed by atoms with Crippen LogP contribution in [-0.2, 0) is 57.5 Å². The molecule has 2 aliphatic rings. The molecule has 34 heteroatoms. The highest BCUT2D eigenvalue weighted by Crippen LogP contribution is 2.40. The number of nitrogens with zero attached hydrogens (tertiary/aromatic N) is 11. The van der Waals surface area contributed by atoms with Crippen LogP contribution in [0.5, 0.6) is 0 Å². The Hall–Kier alpha value is -7.60. The van der Waals surface area contributed by atoms with E-state index in [1.165, 1.54) is 110 Å². The molecule has 636 valence electrons. The van der Waals surface area contributed by atoms with E-state index in [1.807, 2.05) is 60.5 Å². The van der Waals surface area contributed by atoms with E-state index in [0.29, 0.717) is 29.1 Å². The number of nitrogens with one attached hydrogen (secondary N) is 4. The fourth-order valence-corrected chi connectivity index (χ4v) is 15.1.